The van der Waals surface area contributed by atoms with E-state index in [0.717, 1.165) is 0 Å². The van der Waals surface area contributed by atoms with Crippen molar-refractivity contribution in [3.8, 4) is 0 Å². The van der Waals surface area contributed by atoms with Gasteiger partial charge in [0.1, 0.15) is 24.2 Å². The SMILES string of the molecule is CCC(C)[C@@H]1NC(=O)[C@@H]2CCCN2C(=O)C(CC(C)O)OC(=O)CCNC(=O)[C@H](C)N(C)C(=O)[C@H](C(C)C)N(C)C1=O. The second kappa shape index (κ2) is 15.3. The first-order valence-corrected chi connectivity index (χ1v) is 14.9. The van der Waals surface area contributed by atoms with E-state index >= 15 is 0 Å². The molecule has 2 rings (SSSR count). The number of aliphatic hydroxyl groups is 1. The lowest BCUT2D eigenvalue weighted by molar-refractivity contribution is -0.163. The van der Waals surface area contributed by atoms with Crippen LogP contribution >= 0.6 is 0 Å². The van der Waals surface area contributed by atoms with Gasteiger partial charge in [0.15, 0.2) is 6.10 Å². The van der Waals surface area contributed by atoms with Crippen molar-refractivity contribution in [1.29, 1.82) is 0 Å². The van der Waals surface area contributed by atoms with Gasteiger partial charge in [-0.1, -0.05) is 34.1 Å². The molecule has 42 heavy (non-hydrogen) atoms. The average Bonchev–Trinajstić information content (AvgIpc) is 3.42. The molecule has 0 radical (unpaired) electrons. The van der Waals surface area contributed by atoms with Crippen molar-refractivity contribution in [2.24, 2.45) is 11.8 Å². The molecule has 0 bridgehead atoms. The fourth-order valence-electron chi connectivity index (χ4n) is 5.41. The van der Waals surface area contributed by atoms with Gasteiger partial charge in [-0.15, -0.1) is 0 Å². The summed E-state index contributed by atoms with van der Waals surface area (Å²) >= 11 is 0. The molecular formula is C29H49N5O8. The molecule has 13 heteroatoms. The van der Waals surface area contributed by atoms with Crippen LogP contribution in [-0.2, 0) is 33.5 Å². The van der Waals surface area contributed by atoms with E-state index < -0.39 is 71.9 Å². The van der Waals surface area contributed by atoms with Gasteiger partial charge < -0.3 is 35.2 Å². The summed E-state index contributed by atoms with van der Waals surface area (Å²) in [5.74, 6) is -3.88. The summed E-state index contributed by atoms with van der Waals surface area (Å²) in [4.78, 5) is 84.1. The van der Waals surface area contributed by atoms with Gasteiger partial charge >= 0.3 is 5.97 Å². The molecule has 0 aromatic rings. The summed E-state index contributed by atoms with van der Waals surface area (Å²) in [5.41, 5.74) is 0. The topological polar surface area (TPSA) is 166 Å². The van der Waals surface area contributed by atoms with E-state index in [9.17, 15) is 33.9 Å². The number of amides is 5. The fourth-order valence-corrected chi connectivity index (χ4v) is 5.41. The van der Waals surface area contributed by atoms with E-state index in [1.54, 1.807) is 20.8 Å². The Morgan fingerprint density at radius 1 is 0.952 bits per heavy atom. The molecule has 3 N–H and O–H groups in total. The lowest BCUT2D eigenvalue weighted by Crippen LogP contribution is -2.60. The summed E-state index contributed by atoms with van der Waals surface area (Å²) < 4.78 is 5.43. The number of hydrogen-bond acceptors (Lipinski definition) is 8. The van der Waals surface area contributed by atoms with Crippen LogP contribution in [0.1, 0.15) is 73.6 Å². The van der Waals surface area contributed by atoms with Gasteiger partial charge in [-0.25, -0.2) is 0 Å². The molecule has 2 fully saturated rings. The van der Waals surface area contributed by atoms with Crippen LogP contribution in [0.15, 0.2) is 0 Å². The predicted octanol–water partition coefficient (Wildman–Crippen LogP) is 0.0408. The maximum Gasteiger partial charge on any atom is 0.308 e. The molecule has 0 spiro atoms. The Morgan fingerprint density at radius 3 is 2.17 bits per heavy atom. The summed E-state index contributed by atoms with van der Waals surface area (Å²) in [6.45, 7) is 10.5. The lowest BCUT2D eigenvalue weighted by atomic mass is 9.94. The number of nitrogens with one attached hydrogen (secondary N) is 2. The smallest absolute Gasteiger partial charge is 0.308 e. The number of fused-ring (bicyclic) bond motifs is 1. The van der Waals surface area contributed by atoms with Crippen molar-refractivity contribution < 1.29 is 38.6 Å². The van der Waals surface area contributed by atoms with E-state index in [1.807, 2.05) is 13.8 Å². The molecule has 0 saturated carbocycles. The number of cyclic esters (lactones) is 1. The number of ether oxygens (including phenoxy) is 1. The van der Waals surface area contributed by atoms with Crippen LogP contribution < -0.4 is 10.6 Å². The van der Waals surface area contributed by atoms with Crippen molar-refractivity contribution >= 4 is 35.5 Å². The number of nitrogens with zero attached hydrogens (tertiary/aromatic N) is 3. The zero-order chi connectivity index (χ0) is 31.9. The second-order valence-corrected chi connectivity index (χ2v) is 11.9. The summed E-state index contributed by atoms with van der Waals surface area (Å²) in [6, 6.07) is -3.70. The standard InChI is InChI=1S/C29H49N5O8/c1-9-17(4)23-28(40)33(8)24(16(2)3)29(41)32(7)19(6)25(37)30-13-12-22(36)42-21(15-18(5)35)27(39)34-14-10-11-20(34)26(38)31-23/h16-21,23-24,35H,9-15H2,1-8H3,(H,30,37)(H,31,38)/t17?,18?,19-,20-,21?,23-,24-/m0/s1. The third-order valence-corrected chi connectivity index (χ3v) is 8.31. The first kappa shape index (κ1) is 35.0. The van der Waals surface area contributed by atoms with Gasteiger partial charge in [0.25, 0.3) is 5.91 Å². The molecule has 13 nitrogen and oxygen atoms in total. The maximum atomic E-state index is 13.9. The highest BCUT2D eigenvalue weighted by molar-refractivity contribution is 5.96. The van der Waals surface area contributed by atoms with Gasteiger partial charge in [-0.2, -0.15) is 0 Å². The number of esters is 1. The van der Waals surface area contributed by atoms with Crippen LogP contribution in [0, 0.1) is 11.8 Å². The largest absolute Gasteiger partial charge is 0.452 e. The monoisotopic (exact) mass is 595 g/mol. The maximum absolute atomic E-state index is 13.9. The molecule has 238 valence electrons. The molecule has 2 heterocycles. The minimum atomic E-state index is -1.32. The zero-order valence-corrected chi connectivity index (χ0v) is 26.2. The number of aliphatic hydroxyl groups excluding tert-OH is 1. The molecule has 2 saturated heterocycles. The Bertz CT molecular complexity index is 1020. The summed E-state index contributed by atoms with van der Waals surface area (Å²) in [5, 5.41) is 15.5. The van der Waals surface area contributed by atoms with E-state index in [-0.39, 0.29) is 37.8 Å². The molecule has 0 aromatic heterocycles. The van der Waals surface area contributed by atoms with Gasteiger partial charge in [0, 0.05) is 33.6 Å². The second-order valence-electron chi connectivity index (χ2n) is 11.9. The van der Waals surface area contributed by atoms with E-state index in [2.05, 4.69) is 10.6 Å². The van der Waals surface area contributed by atoms with Gasteiger partial charge in [0.2, 0.25) is 23.6 Å². The lowest BCUT2D eigenvalue weighted by Gasteiger charge is -2.38. The van der Waals surface area contributed by atoms with E-state index in [0.29, 0.717) is 19.3 Å². The molecular weight excluding hydrogens is 546 g/mol. The zero-order valence-electron chi connectivity index (χ0n) is 26.2. The normalized spacial score (nSPS) is 29.3. The van der Waals surface area contributed by atoms with E-state index in [1.165, 1.54) is 35.7 Å². The first-order valence-electron chi connectivity index (χ1n) is 14.9. The highest BCUT2D eigenvalue weighted by atomic mass is 16.5. The van der Waals surface area contributed by atoms with Crippen LogP contribution in [0.4, 0.5) is 0 Å². The molecule has 0 aliphatic carbocycles. The quantitative estimate of drug-likeness (QED) is 0.375. The summed E-state index contributed by atoms with van der Waals surface area (Å²) in [6.07, 6.45) is -1.26. The van der Waals surface area contributed by atoms with Gasteiger partial charge in [-0.05, 0) is 38.5 Å². The molecule has 2 aliphatic rings. The third kappa shape index (κ3) is 8.42. The third-order valence-electron chi connectivity index (χ3n) is 8.31. The van der Waals surface area contributed by atoms with Crippen molar-refractivity contribution in [2.45, 2.75) is 110 Å². The van der Waals surface area contributed by atoms with Crippen LogP contribution in [0.3, 0.4) is 0 Å². The molecule has 0 aromatic carbocycles. The Morgan fingerprint density at radius 2 is 1.60 bits per heavy atom. The van der Waals surface area contributed by atoms with Crippen molar-refractivity contribution in [2.75, 3.05) is 27.2 Å². The highest BCUT2D eigenvalue weighted by Gasteiger charge is 2.43. The Kier molecular flexibility index (Phi) is 12.7. The minimum absolute atomic E-state index is 0.100. The molecule has 2 aliphatic heterocycles. The Labute approximate surface area is 248 Å². The average molecular weight is 596 g/mol. The van der Waals surface area contributed by atoms with Crippen molar-refractivity contribution in [3.05, 3.63) is 0 Å². The van der Waals surface area contributed by atoms with Crippen LogP contribution in [0.25, 0.3) is 0 Å². The number of carbonyl (C=O) groups is 6. The number of rotatable bonds is 5. The summed E-state index contributed by atoms with van der Waals surface area (Å²) in [7, 11) is 2.99. The first-order chi connectivity index (χ1) is 19.6. The fraction of sp³-hybridized carbons (Fsp3) is 0.793. The number of hydrogen-bond donors (Lipinski definition) is 3. The molecule has 3 unspecified atom stereocenters. The number of likely N-dealkylation sites (N-methyl/N-ethyl adjacent to an activating group) is 2. The molecule has 5 amide bonds. The number of carbonyl (C=O) groups excluding carboxylic acids is 6. The molecule has 7 atom stereocenters. The minimum Gasteiger partial charge on any atom is -0.452 e. The Hall–Kier alpha value is -3.22. The van der Waals surface area contributed by atoms with Gasteiger partial charge in [-0.3, -0.25) is 28.8 Å². The van der Waals surface area contributed by atoms with Crippen molar-refractivity contribution in [3.63, 3.8) is 0 Å². The van der Waals surface area contributed by atoms with Crippen LogP contribution in [0.2, 0.25) is 0 Å². The predicted molar refractivity (Wildman–Crippen MR) is 154 cm³/mol. The van der Waals surface area contributed by atoms with Crippen LogP contribution in [-0.4, -0.2) is 119 Å². The highest BCUT2D eigenvalue weighted by Crippen LogP contribution is 2.23. The van der Waals surface area contributed by atoms with Crippen molar-refractivity contribution in [1.82, 2.24) is 25.3 Å². The van der Waals surface area contributed by atoms with Crippen LogP contribution in [0.5, 0.6) is 0 Å². The van der Waals surface area contributed by atoms with Gasteiger partial charge in [0.05, 0.1) is 12.5 Å². The van der Waals surface area contributed by atoms with E-state index in [4.69, 9.17) is 4.74 Å². The Balaban J connectivity index is 2.54.